The van der Waals surface area contributed by atoms with Gasteiger partial charge >= 0.3 is 5.97 Å². The average Bonchev–Trinajstić information content (AvgIpc) is 1.97. The highest BCUT2D eigenvalue weighted by molar-refractivity contribution is 5.70. The molecule has 3 nitrogen and oxygen atoms in total. The molecule has 0 radical (unpaired) electrons. The molecule has 0 aliphatic heterocycles. The van der Waals surface area contributed by atoms with Gasteiger partial charge in [-0.3, -0.25) is 4.79 Å². The zero-order valence-electron chi connectivity index (χ0n) is 12.7. The van der Waals surface area contributed by atoms with Crippen molar-refractivity contribution < 1.29 is 9.90 Å². The fourth-order valence-electron chi connectivity index (χ4n) is 2.01. The van der Waals surface area contributed by atoms with Gasteiger partial charge in [-0.05, 0) is 11.8 Å². The number of aliphatic carboxylic acids is 1. The standard InChI is InChI=1S/C8H16O2.C6H15N/c1-5(2)7(6(3)4)8(9)10;1-5(2)7-6(3)4/h5-7H,1-4H3,(H,9,10);5-7H,1-4H3. The fraction of sp³-hybridized carbons (Fsp3) is 0.929. The van der Waals surface area contributed by atoms with Crippen LogP contribution in [0.3, 0.4) is 0 Å². The summed E-state index contributed by atoms with van der Waals surface area (Å²) in [5, 5.41) is 12.0. The first-order chi connectivity index (χ1) is 7.59. The van der Waals surface area contributed by atoms with Crippen molar-refractivity contribution in [3.05, 3.63) is 0 Å². The van der Waals surface area contributed by atoms with Crippen molar-refractivity contribution in [2.24, 2.45) is 17.8 Å². The van der Waals surface area contributed by atoms with Crippen molar-refractivity contribution in [3.63, 3.8) is 0 Å². The number of carboxylic acid groups (broad SMARTS) is 1. The van der Waals surface area contributed by atoms with Gasteiger partial charge in [0.05, 0.1) is 5.92 Å². The minimum Gasteiger partial charge on any atom is -0.481 e. The highest BCUT2D eigenvalue weighted by atomic mass is 16.4. The Kier molecular flexibility index (Phi) is 10.5. The predicted molar refractivity (Wildman–Crippen MR) is 74.2 cm³/mol. The van der Waals surface area contributed by atoms with E-state index in [1.807, 2.05) is 27.7 Å². The Balaban J connectivity index is 0. The Bertz CT molecular complexity index is 184. The second kappa shape index (κ2) is 9.46. The summed E-state index contributed by atoms with van der Waals surface area (Å²) >= 11 is 0. The smallest absolute Gasteiger partial charge is 0.307 e. The van der Waals surface area contributed by atoms with Crippen molar-refractivity contribution in [2.75, 3.05) is 0 Å². The number of hydrogen-bond acceptors (Lipinski definition) is 2. The summed E-state index contributed by atoms with van der Waals surface area (Å²) < 4.78 is 0. The van der Waals surface area contributed by atoms with Crippen molar-refractivity contribution >= 4 is 5.97 Å². The van der Waals surface area contributed by atoms with Gasteiger partial charge in [0, 0.05) is 12.1 Å². The molecule has 0 heterocycles. The molecule has 2 N–H and O–H groups in total. The first-order valence-corrected chi connectivity index (χ1v) is 6.58. The average molecular weight is 245 g/mol. The molecule has 3 heteroatoms. The van der Waals surface area contributed by atoms with E-state index in [-0.39, 0.29) is 17.8 Å². The molecule has 0 atom stereocenters. The summed E-state index contributed by atoms with van der Waals surface area (Å²) in [7, 11) is 0. The quantitative estimate of drug-likeness (QED) is 0.780. The molecule has 0 amide bonds. The molecule has 0 aliphatic carbocycles. The zero-order chi connectivity index (χ0) is 14.2. The summed E-state index contributed by atoms with van der Waals surface area (Å²) in [6, 6.07) is 1.25. The predicted octanol–water partition coefficient (Wildman–Crippen LogP) is 3.39. The number of carbonyl (C=O) groups is 1. The topological polar surface area (TPSA) is 49.3 Å². The second-order valence-corrected chi connectivity index (χ2v) is 5.83. The van der Waals surface area contributed by atoms with Crippen LogP contribution in [0.4, 0.5) is 0 Å². The maximum Gasteiger partial charge on any atom is 0.307 e. The van der Waals surface area contributed by atoms with Crippen LogP contribution in [0.1, 0.15) is 55.4 Å². The van der Waals surface area contributed by atoms with Crippen LogP contribution in [0.15, 0.2) is 0 Å². The Morgan fingerprint density at radius 1 is 0.824 bits per heavy atom. The van der Waals surface area contributed by atoms with E-state index in [2.05, 4.69) is 33.0 Å². The lowest BCUT2D eigenvalue weighted by atomic mass is 9.86. The number of hydrogen-bond donors (Lipinski definition) is 2. The molecule has 0 aromatic carbocycles. The van der Waals surface area contributed by atoms with Gasteiger partial charge < -0.3 is 10.4 Å². The lowest BCUT2D eigenvalue weighted by Gasteiger charge is -2.19. The highest BCUT2D eigenvalue weighted by Gasteiger charge is 2.24. The van der Waals surface area contributed by atoms with E-state index >= 15 is 0 Å². The lowest BCUT2D eigenvalue weighted by molar-refractivity contribution is -0.145. The van der Waals surface area contributed by atoms with Crippen molar-refractivity contribution in [2.45, 2.75) is 67.5 Å². The van der Waals surface area contributed by atoms with Gasteiger partial charge in [-0.1, -0.05) is 55.4 Å². The molecular weight excluding hydrogens is 214 g/mol. The Labute approximate surface area is 107 Å². The van der Waals surface area contributed by atoms with E-state index in [1.54, 1.807) is 0 Å². The van der Waals surface area contributed by atoms with Crippen molar-refractivity contribution in [3.8, 4) is 0 Å². The van der Waals surface area contributed by atoms with Gasteiger partial charge in [-0.2, -0.15) is 0 Å². The first-order valence-electron chi connectivity index (χ1n) is 6.58. The molecular formula is C14H31NO2. The third-order valence-corrected chi connectivity index (χ3v) is 2.39. The van der Waals surface area contributed by atoms with Crippen LogP contribution < -0.4 is 5.32 Å². The zero-order valence-corrected chi connectivity index (χ0v) is 12.7. The minimum absolute atomic E-state index is 0.194. The first kappa shape index (κ1) is 18.8. The number of carboxylic acids is 1. The number of nitrogens with one attached hydrogen (secondary N) is 1. The van der Waals surface area contributed by atoms with Crippen LogP contribution in [-0.2, 0) is 4.79 Å². The molecule has 0 saturated carbocycles. The lowest BCUT2D eigenvalue weighted by Crippen LogP contribution is -2.29. The molecule has 0 rings (SSSR count). The molecule has 0 aliphatic rings. The highest BCUT2D eigenvalue weighted by Crippen LogP contribution is 2.19. The van der Waals surface area contributed by atoms with E-state index < -0.39 is 5.97 Å². The van der Waals surface area contributed by atoms with Crippen molar-refractivity contribution in [1.82, 2.24) is 5.32 Å². The summed E-state index contributed by atoms with van der Waals surface area (Å²) in [6.45, 7) is 16.4. The molecule has 0 spiro atoms. The third-order valence-electron chi connectivity index (χ3n) is 2.39. The normalized spacial score (nSPS) is 11.4. The Hall–Kier alpha value is -0.570. The summed E-state index contributed by atoms with van der Waals surface area (Å²) in [5.74, 6) is -0.403. The van der Waals surface area contributed by atoms with Gasteiger partial charge in [0.15, 0.2) is 0 Å². The maximum absolute atomic E-state index is 10.6. The summed E-state index contributed by atoms with van der Waals surface area (Å²) in [5.41, 5.74) is 0. The van der Waals surface area contributed by atoms with Gasteiger partial charge in [-0.25, -0.2) is 0 Å². The van der Waals surface area contributed by atoms with E-state index in [0.717, 1.165) is 0 Å². The summed E-state index contributed by atoms with van der Waals surface area (Å²) in [6.07, 6.45) is 0. The fourth-order valence-corrected chi connectivity index (χ4v) is 2.01. The monoisotopic (exact) mass is 245 g/mol. The molecule has 0 fully saturated rings. The Morgan fingerprint density at radius 2 is 1.12 bits per heavy atom. The van der Waals surface area contributed by atoms with Crippen molar-refractivity contribution in [1.29, 1.82) is 0 Å². The van der Waals surface area contributed by atoms with Crippen LogP contribution in [0, 0.1) is 17.8 Å². The van der Waals surface area contributed by atoms with Gasteiger partial charge in [0.1, 0.15) is 0 Å². The van der Waals surface area contributed by atoms with E-state index in [0.29, 0.717) is 12.1 Å². The summed E-state index contributed by atoms with van der Waals surface area (Å²) in [4.78, 5) is 10.6. The molecule has 0 bridgehead atoms. The third kappa shape index (κ3) is 11.7. The van der Waals surface area contributed by atoms with Crippen LogP contribution in [0.2, 0.25) is 0 Å². The molecule has 0 saturated heterocycles. The minimum atomic E-state index is -0.676. The number of rotatable bonds is 5. The SMILES string of the molecule is CC(C)C(C(=O)O)C(C)C.CC(C)NC(C)C. The molecule has 104 valence electrons. The van der Waals surface area contributed by atoms with Gasteiger partial charge in [-0.15, -0.1) is 0 Å². The van der Waals surface area contributed by atoms with E-state index in [1.165, 1.54) is 0 Å². The maximum atomic E-state index is 10.6. The Morgan fingerprint density at radius 3 is 1.12 bits per heavy atom. The van der Waals surface area contributed by atoms with Crippen LogP contribution in [0.5, 0.6) is 0 Å². The molecule has 0 aromatic rings. The second-order valence-electron chi connectivity index (χ2n) is 5.83. The molecule has 0 unspecified atom stereocenters. The largest absolute Gasteiger partial charge is 0.481 e. The van der Waals surface area contributed by atoms with Crippen LogP contribution in [0.25, 0.3) is 0 Å². The van der Waals surface area contributed by atoms with Crippen LogP contribution in [-0.4, -0.2) is 23.2 Å². The molecule has 17 heavy (non-hydrogen) atoms. The van der Waals surface area contributed by atoms with Gasteiger partial charge in [0.25, 0.3) is 0 Å². The van der Waals surface area contributed by atoms with Crippen LogP contribution >= 0.6 is 0 Å². The van der Waals surface area contributed by atoms with Gasteiger partial charge in [0.2, 0.25) is 0 Å². The van der Waals surface area contributed by atoms with E-state index in [9.17, 15) is 4.79 Å². The molecule has 0 aromatic heterocycles. The van der Waals surface area contributed by atoms with E-state index in [4.69, 9.17) is 5.11 Å².